The number of hydrogen-bond acceptors (Lipinski definition) is 2. The monoisotopic (exact) mass is 301 g/mol. The third kappa shape index (κ3) is 2.03. The summed E-state index contributed by atoms with van der Waals surface area (Å²) in [6.45, 7) is 6.25. The van der Waals surface area contributed by atoms with Crippen LogP contribution in [-0.4, -0.2) is 35.1 Å². The van der Waals surface area contributed by atoms with Gasteiger partial charge in [0.15, 0.2) is 5.83 Å². The Bertz CT molecular complexity index is 562. The Morgan fingerprint density at radius 3 is 2.29 bits per heavy atom. The van der Waals surface area contributed by atoms with Crippen LogP contribution in [0.1, 0.15) is 27.7 Å². The molecular formula is C15H18F3NO2. The van der Waals surface area contributed by atoms with Gasteiger partial charge in [-0.1, -0.05) is 6.08 Å². The molecule has 0 radical (unpaired) electrons. The fourth-order valence-electron chi connectivity index (χ4n) is 2.89. The lowest BCUT2D eigenvalue weighted by Gasteiger charge is -2.36. The van der Waals surface area contributed by atoms with Crippen LogP contribution in [0, 0.1) is 10.8 Å². The number of amides is 1. The molecule has 0 N–H and O–H groups in total. The maximum atomic E-state index is 13.7. The Labute approximate surface area is 121 Å². The number of carbonyl (C=O) groups excluding carboxylic acids is 2. The van der Waals surface area contributed by atoms with Crippen molar-refractivity contribution in [2.75, 3.05) is 6.54 Å². The van der Waals surface area contributed by atoms with Crippen molar-refractivity contribution in [3.05, 3.63) is 24.1 Å². The molecule has 2 atom stereocenters. The van der Waals surface area contributed by atoms with Crippen LogP contribution in [0.15, 0.2) is 24.1 Å². The van der Waals surface area contributed by atoms with Gasteiger partial charge in [-0.3, -0.25) is 9.59 Å². The highest BCUT2D eigenvalue weighted by atomic mass is 19.3. The molecule has 1 aliphatic heterocycles. The van der Waals surface area contributed by atoms with Crippen LogP contribution in [-0.2, 0) is 9.59 Å². The number of carbonyl (C=O) groups is 2. The predicted octanol–water partition coefficient (Wildman–Crippen LogP) is 2.88. The largest absolute Gasteiger partial charge is 0.336 e. The summed E-state index contributed by atoms with van der Waals surface area (Å²) in [5, 5.41) is 0. The molecule has 116 valence electrons. The summed E-state index contributed by atoms with van der Waals surface area (Å²) in [5.41, 5.74) is -4.27. The maximum Gasteiger partial charge on any atom is 0.253 e. The van der Waals surface area contributed by atoms with Gasteiger partial charge in [-0.05, 0) is 39.8 Å². The van der Waals surface area contributed by atoms with E-state index in [0.29, 0.717) is 0 Å². The molecule has 21 heavy (non-hydrogen) atoms. The van der Waals surface area contributed by atoms with Crippen molar-refractivity contribution in [1.29, 1.82) is 0 Å². The standard InChI is InChI=1S/C15H18F3NO2/c1-13(2,3)19-8-15(6-5-10(20)9(16)7-15)14(4,11(17)18)12(19)21/h5-7,11H,8H2,1-4H3. The molecule has 0 aromatic rings. The van der Waals surface area contributed by atoms with Crippen LogP contribution in [0.4, 0.5) is 13.2 Å². The Morgan fingerprint density at radius 2 is 1.86 bits per heavy atom. The van der Waals surface area contributed by atoms with E-state index in [2.05, 4.69) is 0 Å². The number of rotatable bonds is 1. The Morgan fingerprint density at radius 1 is 1.29 bits per heavy atom. The van der Waals surface area contributed by atoms with Crippen molar-refractivity contribution in [2.45, 2.75) is 39.7 Å². The van der Waals surface area contributed by atoms with Gasteiger partial charge < -0.3 is 4.90 Å². The minimum absolute atomic E-state index is 0.0760. The fourth-order valence-corrected chi connectivity index (χ4v) is 2.89. The summed E-state index contributed by atoms with van der Waals surface area (Å²) < 4.78 is 41.1. The van der Waals surface area contributed by atoms with Gasteiger partial charge in [0.25, 0.3) is 6.43 Å². The summed E-state index contributed by atoms with van der Waals surface area (Å²) >= 11 is 0. The second kappa shape index (κ2) is 4.45. The lowest BCUT2D eigenvalue weighted by Crippen LogP contribution is -2.48. The second-order valence-electron chi connectivity index (χ2n) is 6.80. The van der Waals surface area contributed by atoms with Gasteiger partial charge in [0.05, 0.1) is 0 Å². The summed E-state index contributed by atoms with van der Waals surface area (Å²) in [6.07, 6.45) is 0.0913. The molecule has 1 fully saturated rings. The van der Waals surface area contributed by atoms with E-state index < -0.39 is 40.3 Å². The zero-order chi connectivity index (χ0) is 16.2. The predicted molar refractivity (Wildman–Crippen MR) is 71.3 cm³/mol. The number of allylic oxidation sites excluding steroid dienone is 2. The summed E-state index contributed by atoms with van der Waals surface area (Å²) in [7, 11) is 0. The van der Waals surface area contributed by atoms with Crippen molar-refractivity contribution in [1.82, 2.24) is 4.90 Å². The van der Waals surface area contributed by atoms with E-state index >= 15 is 0 Å². The van der Waals surface area contributed by atoms with Crippen LogP contribution in [0.3, 0.4) is 0 Å². The van der Waals surface area contributed by atoms with E-state index in [1.54, 1.807) is 20.8 Å². The van der Waals surface area contributed by atoms with Gasteiger partial charge in [0, 0.05) is 17.5 Å². The highest BCUT2D eigenvalue weighted by molar-refractivity contribution is 6.04. The average Bonchev–Trinajstić information content (AvgIpc) is 2.57. The molecule has 0 aromatic carbocycles. The Hall–Kier alpha value is -1.59. The zero-order valence-electron chi connectivity index (χ0n) is 12.4. The quantitative estimate of drug-likeness (QED) is 0.747. The smallest absolute Gasteiger partial charge is 0.253 e. The topological polar surface area (TPSA) is 37.4 Å². The first-order chi connectivity index (χ1) is 9.45. The Balaban J connectivity index is 2.63. The first kappa shape index (κ1) is 15.8. The summed E-state index contributed by atoms with van der Waals surface area (Å²) in [6, 6.07) is 0. The molecule has 2 rings (SSSR count). The number of hydrogen-bond donors (Lipinski definition) is 0. The fraction of sp³-hybridized carbons (Fsp3) is 0.600. The lowest BCUT2D eigenvalue weighted by atomic mass is 9.64. The van der Waals surface area contributed by atoms with Gasteiger partial charge in [-0.2, -0.15) is 0 Å². The molecule has 1 spiro atoms. The summed E-state index contributed by atoms with van der Waals surface area (Å²) in [5.74, 6) is -2.68. The maximum absolute atomic E-state index is 13.7. The van der Waals surface area contributed by atoms with Gasteiger partial charge in [0.1, 0.15) is 5.41 Å². The van der Waals surface area contributed by atoms with Crippen LogP contribution in [0.5, 0.6) is 0 Å². The minimum atomic E-state index is -2.97. The lowest BCUT2D eigenvalue weighted by molar-refractivity contribution is -0.148. The van der Waals surface area contributed by atoms with E-state index in [1.807, 2.05) is 0 Å². The molecule has 0 bridgehead atoms. The first-order valence-corrected chi connectivity index (χ1v) is 6.68. The SMILES string of the molecule is CC(C)(C)N1CC2(C=CC(=O)C(F)=C2)C(C)(C(F)F)C1=O. The normalized spacial score (nSPS) is 33.3. The van der Waals surface area contributed by atoms with Crippen molar-refractivity contribution >= 4 is 11.7 Å². The number of ketones is 1. The molecule has 0 aromatic heterocycles. The van der Waals surface area contributed by atoms with E-state index in [1.165, 1.54) is 11.0 Å². The molecule has 3 nitrogen and oxygen atoms in total. The highest BCUT2D eigenvalue weighted by Gasteiger charge is 2.66. The molecule has 0 saturated carbocycles. The van der Waals surface area contributed by atoms with Crippen molar-refractivity contribution in [2.24, 2.45) is 10.8 Å². The van der Waals surface area contributed by atoms with Crippen LogP contribution >= 0.6 is 0 Å². The molecular weight excluding hydrogens is 283 g/mol. The van der Waals surface area contributed by atoms with E-state index in [9.17, 15) is 22.8 Å². The van der Waals surface area contributed by atoms with Crippen LogP contribution in [0.25, 0.3) is 0 Å². The number of likely N-dealkylation sites (tertiary alicyclic amines) is 1. The molecule has 2 aliphatic rings. The third-order valence-electron chi connectivity index (χ3n) is 4.47. The van der Waals surface area contributed by atoms with E-state index in [4.69, 9.17) is 0 Å². The molecule has 1 aliphatic carbocycles. The summed E-state index contributed by atoms with van der Waals surface area (Å²) in [4.78, 5) is 25.1. The van der Waals surface area contributed by atoms with Crippen molar-refractivity contribution in [3.63, 3.8) is 0 Å². The van der Waals surface area contributed by atoms with Gasteiger partial charge in [0.2, 0.25) is 11.7 Å². The van der Waals surface area contributed by atoms with Gasteiger partial charge >= 0.3 is 0 Å². The highest BCUT2D eigenvalue weighted by Crippen LogP contribution is 2.55. The van der Waals surface area contributed by atoms with Gasteiger partial charge in [-0.15, -0.1) is 0 Å². The van der Waals surface area contributed by atoms with Gasteiger partial charge in [-0.25, -0.2) is 13.2 Å². The molecule has 2 unspecified atom stereocenters. The average molecular weight is 301 g/mol. The molecule has 1 heterocycles. The van der Waals surface area contributed by atoms with Crippen molar-refractivity contribution < 1.29 is 22.8 Å². The molecule has 1 amide bonds. The van der Waals surface area contributed by atoms with Crippen LogP contribution < -0.4 is 0 Å². The van der Waals surface area contributed by atoms with Crippen LogP contribution in [0.2, 0.25) is 0 Å². The van der Waals surface area contributed by atoms with E-state index in [0.717, 1.165) is 19.1 Å². The Kier molecular flexibility index (Phi) is 3.35. The number of nitrogens with zero attached hydrogens (tertiary/aromatic N) is 1. The van der Waals surface area contributed by atoms with Crippen molar-refractivity contribution in [3.8, 4) is 0 Å². The zero-order valence-corrected chi connectivity index (χ0v) is 12.4. The minimum Gasteiger partial charge on any atom is -0.336 e. The van der Waals surface area contributed by atoms with E-state index in [-0.39, 0.29) is 6.54 Å². The second-order valence-corrected chi connectivity index (χ2v) is 6.80. The molecule has 6 heteroatoms. The number of alkyl halides is 2. The molecule has 1 saturated heterocycles. The first-order valence-electron chi connectivity index (χ1n) is 6.68. The third-order valence-corrected chi connectivity index (χ3v) is 4.47. The number of halogens is 3.